The molecular formula is C13H13F2NO4. The predicted molar refractivity (Wildman–Crippen MR) is 69.2 cm³/mol. The van der Waals surface area contributed by atoms with Crippen molar-refractivity contribution in [3.63, 3.8) is 0 Å². The molecule has 1 N–H and O–H groups in total. The summed E-state index contributed by atoms with van der Waals surface area (Å²) >= 11 is 0. The Morgan fingerprint density at radius 2 is 1.70 bits per heavy atom. The van der Waals surface area contributed by atoms with E-state index >= 15 is 0 Å². The highest BCUT2D eigenvalue weighted by Gasteiger charge is 2.20. The highest BCUT2D eigenvalue weighted by atomic mass is 19.3. The summed E-state index contributed by atoms with van der Waals surface area (Å²) in [6.07, 6.45) is -2.77. The first-order valence-corrected chi connectivity index (χ1v) is 5.67. The van der Waals surface area contributed by atoms with Crippen LogP contribution in [0.15, 0.2) is 16.9 Å². The first-order valence-electron chi connectivity index (χ1n) is 5.67. The van der Waals surface area contributed by atoms with Crippen LogP contribution in [0.5, 0.6) is 17.2 Å². The lowest BCUT2D eigenvalue weighted by molar-refractivity contribution is 0.146. The van der Waals surface area contributed by atoms with Crippen LogP contribution in [0.2, 0.25) is 0 Å². The highest BCUT2D eigenvalue weighted by molar-refractivity contribution is 5.90. The van der Waals surface area contributed by atoms with Crippen molar-refractivity contribution in [3.8, 4) is 17.2 Å². The first-order chi connectivity index (χ1) is 9.53. The largest absolute Gasteiger partial charge is 0.493 e. The lowest BCUT2D eigenvalue weighted by Gasteiger charge is -2.14. The van der Waals surface area contributed by atoms with Gasteiger partial charge in [-0.1, -0.05) is 0 Å². The van der Waals surface area contributed by atoms with Crippen LogP contribution >= 0.6 is 0 Å². The van der Waals surface area contributed by atoms with Gasteiger partial charge in [-0.3, -0.25) is 4.79 Å². The van der Waals surface area contributed by atoms with Gasteiger partial charge in [0, 0.05) is 12.1 Å². The molecule has 0 amide bonds. The zero-order valence-corrected chi connectivity index (χ0v) is 11.1. The lowest BCUT2D eigenvalue weighted by atomic mass is 10.1. The van der Waals surface area contributed by atoms with Gasteiger partial charge >= 0.3 is 0 Å². The normalized spacial score (nSPS) is 10.9. The number of methoxy groups -OCH3 is 3. The molecule has 0 saturated carbocycles. The summed E-state index contributed by atoms with van der Waals surface area (Å²) in [6.45, 7) is 0. The topological polar surface area (TPSA) is 60.6 Å². The molecule has 2 rings (SSSR count). The number of hydrogen-bond acceptors (Lipinski definition) is 4. The Bertz CT molecular complexity index is 697. The fourth-order valence-corrected chi connectivity index (χ4v) is 2.02. The van der Waals surface area contributed by atoms with Crippen molar-refractivity contribution in [2.75, 3.05) is 21.3 Å². The molecule has 2 aromatic rings. The van der Waals surface area contributed by atoms with Crippen LogP contribution in [-0.2, 0) is 0 Å². The third-order valence-corrected chi connectivity index (χ3v) is 2.88. The van der Waals surface area contributed by atoms with Gasteiger partial charge in [-0.25, -0.2) is 8.78 Å². The van der Waals surface area contributed by atoms with Crippen molar-refractivity contribution in [1.82, 2.24) is 4.98 Å². The predicted octanol–water partition coefficient (Wildman–Crippen LogP) is 2.49. The van der Waals surface area contributed by atoms with Crippen molar-refractivity contribution >= 4 is 10.9 Å². The third-order valence-electron chi connectivity index (χ3n) is 2.88. The van der Waals surface area contributed by atoms with E-state index in [9.17, 15) is 13.6 Å². The maximum absolute atomic E-state index is 12.7. The molecule has 1 aromatic heterocycles. The van der Waals surface area contributed by atoms with Crippen molar-refractivity contribution in [3.05, 3.63) is 28.0 Å². The molecule has 0 radical (unpaired) electrons. The maximum Gasteiger partial charge on any atom is 0.278 e. The minimum absolute atomic E-state index is 0.134. The van der Waals surface area contributed by atoms with E-state index in [-0.39, 0.29) is 28.2 Å². The molecular weight excluding hydrogens is 272 g/mol. The average molecular weight is 285 g/mol. The summed E-state index contributed by atoms with van der Waals surface area (Å²) in [5.74, 6) is 0.653. The van der Waals surface area contributed by atoms with E-state index in [0.717, 1.165) is 6.07 Å². The first kappa shape index (κ1) is 14.1. The number of hydrogen-bond donors (Lipinski definition) is 1. The Balaban J connectivity index is 2.91. The smallest absolute Gasteiger partial charge is 0.278 e. The van der Waals surface area contributed by atoms with E-state index < -0.39 is 17.5 Å². The second-order valence-corrected chi connectivity index (χ2v) is 3.96. The van der Waals surface area contributed by atoms with E-state index in [1.165, 1.54) is 27.4 Å². The van der Waals surface area contributed by atoms with E-state index in [1.807, 2.05) is 0 Å². The number of aromatic amines is 1. The summed E-state index contributed by atoms with van der Waals surface area (Å²) in [7, 11) is 4.16. The van der Waals surface area contributed by atoms with E-state index in [0.29, 0.717) is 0 Å². The van der Waals surface area contributed by atoms with Gasteiger partial charge in [-0.05, 0) is 0 Å². The molecule has 0 unspecified atom stereocenters. The number of nitrogens with one attached hydrogen (secondary N) is 1. The highest BCUT2D eigenvalue weighted by Crippen LogP contribution is 2.41. The summed E-state index contributed by atoms with van der Waals surface area (Å²) < 4.78 is 40.9. The minimum atomic E-state index is -2.77. The van der Waals surface area contributed by atoms with Crippen molar-refractivity contribution in [1.29, 1.82) is 0 Å². The van der Waals surface area contributed by atoms with Crippen LogP contribution < -0.4 is 19.6 Å². The number of rotatable bonds is 4. The van der Waals surface area contributed by atoms with Crippen molar-refractivity contribution in [2.24, 2.45) is 0 Å². The zero-order chi connectivity index (χ0) is 14.9. The van der Waals surface area contributed by atoms with Crippen LogP contribution in [-0.4, -0.2) is 26.3 Å². The van der Waals surface area contributed by atoms with Gasteiger partial charge < -0.3 is 19.2 Å². The van der Waals surface area contributed by atoms with Crippen LogP contribution in [0.4, 0.5) is 8.78 Å². The molecule has 1 aromatic carbocycles. The molecule has 0 fully saturated rings. The number of benzene rings is 1. The van der Waals surface area contributed by atoms with Crippen molar-refractivity contribution < 1.29 is 23.0 Å². The monoisotopic (exact) mass is 285 g/mol. The van der Waals surface area contributed by atoms with Gasteiger partial charge in [-0.2, -0.15) is 0 Å². The summed E-state index contributed by atoms with van der Waals surface area (Å²) in [5.41, 5.74) is -0.842. The fraction of sp³-hybridized carbons (Fsp3) is 0.308. The number of aromatic nitrogens is 1. The second kappa shape index (κ2) is 5.36. The molecule has 7 heteroatoms. The van der Waals surface area contributed by atoms with Gasteiger partial charge in [0.2, 0.25) is 5.75 Å². The minimum Gasteiger partial charge on any atom is -0.493 e. The molecule has 0 atom stereocenters. The molecule has 0 aliphatic heterocycles. The summed E-state index contributed by atoms with van der Waals surface area (Å²) in [6, 6.07) is 2.27. The van der Waals surface area contributed by atoms with Crippen LogP contribution in [0, 0.1) is 0 Å². The summed E-state index contributed by atoms with van der Waals surface area (Å²) in [4.78, 5) is 14.5. The van der Waals surface area contributed by atoms with E-state index in [1.54, 1.807) is 0 Å². The van der Waals surface area contributed by atoms with Crippen LogP contribution in [0.25, 0.3) is 10.9 Å². The zero-order valence-electron chi connectivity index (χ0n) is 11.1. The lowest BCUT2D eigenvalue weighted by Crippen LogP contribution is -2.08. The van der Waals surface area contributed by atoms with Gasteiger partial charge in [0.1, 0.15) is 0 Å². The number of ether oxygens (including phenoxy) is 3. The van der Waals surface area contributed by atoms with Crippen LogP contribution in [0.3, 0.4) is 0 Å². The number of fused-ring (bicyclic) bond motifs is 1. The number of halogens is 2. The molecule has 20 heavy (non-hydrogen) atoms. The standard InChI is InChI=1S/C13H13F2NO4/c1-18-9-5-6-10(12(20-3)11(9)19-2)8(17)4-7(16-6)13(14)15/h4-5,13H,1-3H3,(H,16,17). The average Bonchev–Trinajstić information content (AvgIpc) is 2.44. The number of pyridine rings is 1. The Hall–Kier alpha value is -2.31. The van der Waals surface area contributed by atoms with Gasteiger partial charge in [0.05, 0.1) is 37.9 Å². The maximum atomic E-state index is 12.7. The molecule has 0 spiro atoms. The van der Waals surface area contributed by atoms with Crippen LogP contribution in [0.1, 0.15) is 12.1 Å². The molecule has 108 valence electrons. The molecule has 0 bridgehead atoms. The number of H-pyrrole nitrogens is 1. The quantitative estimate of drug-likeness (QED) is 0.937. The Labute approximate surface area is 113 Å². The Kier molecular flexibility index (Phi) is 3.78. The SMILES string of the molecule is COc1cc2[nH]c(C(F)F)cc(=O)c2c(OC)c1OC. The van der Waals surface area contributed by atoms with Crippen molar-refractivity contribution in [2.45, 2.75) is 6.43 Å². The second-order valence-electron chi connectivity index (χ2n) is 3.96. The van der Waals surface area contributed by atoms with Gasteiger partial charge in [-0.15, -0.1) is 0 Å². The molecule has 0 saturated heterocycles. The third kappa shape index (κ3) is 2.15. The molecule has 0 aliphatic carbocycles. The van der Waals surface area contributed by atoms with E-state index in [4.69, 9.17) is 14.2 Å². The van der Waals surface area contributed by atoms with Gasteiger partial charge in [0.15, 0.2) is 16.9 Å². The molecule has 5 nitrogen and oxygen atoms in total. The van der Waals surface area contributed by atoms with Gasteiger partial charge in [0.25, 0.3) is 6.43 Å². The fourth-order valence-electron chi connectivity index (χ4n) is 2.02. The Morgan fingerprint density at radius 1 is 1.05 bits per heavy atom. The Morgan fingerprint density at radius 3 is 2.20 bits per heavy atom. The van der Waals surface area contributed by atoms with E-state index in [2.05, 4.69) is 4.98 Å². The molecule has 0 aliphatic rings. The molecule has 1 heterocycles. The summed E-state index contributed by atoms with van der Waals surface area (Å²) in [5, 5.41) is 0.134. The number of alkyl halides is 2.